The summed E-state index contributed by atoms with van der Waals surface area (Å²) in [6, 6.07) is 1.90. The van der Waals surface area contributed by atoms with Crippen molar-refractivity contribution in [3.8, 4) is 0 Å². The molecular formula is C11H10I3NO3. The first-order chi connectivity index (χ1) is 8.25. The number of anilines is 1. The van der Waals surface area contributed by atoms with Crippen LogP contribution >= 0.6 is 67.8 Å². The first-order valence-electron chi connectivity index (χ1n) is 4.88. The summed E-state index contributed by atoms with van der Waals surface area (Å²) in [4.78, 5) is 23.9. The average Bonchev–Trinajstić information content (AvgIpc) is 2.23. The largest absolute Gasteiger partial charge is 0.481 e. The van der Waals surface area contributed by atoms with E-state index in [1.165, 1.54) is 6.92 Å². The van der Waals surface area contributed by atoms with E-state index < -0.39 is 5.97 Å². The van der Waals surface area contributed by atoms with Crippen molar-refractivity contribution < 1.29 is 14.7 Å². The summed E-state index contributed by atoms with van der Waals surface area (Å²) >= 11 is 6.39. The molecule has 1 amide bonds. The molecule has 0 aliphatic carbocycles. The fourth-order valence-corrected chi connectivity index (χ4v) is 5.87. The molecule has 1 rings (SSSR count). The molecule has 0 spiro atoms. The van der Waals surface area contributed by atoms with Gasteiger partial charge in [-0.25, -0.2) is 0 Å². The Bertz CT molecular complexity index is 517. The molecule has 0 atom stereocenters. The van der Waals surface area contributed by atoms with E-state index in [-0.39, 0.29) is 12.3 Å². The van der Waals surface area contributed by atoms with Gasteiger partial charge < -0.3 is 10.0 Å². The van der Waals surface area contributed by atoms with Crippen LogP contribution in [0.25, 0.3) is 0 Å². The Morgan fingerprint density at radius 3 is 2.28 bits per heavy atom. The summed E-state index contributed by atoms with van der Waals surface area (Å²) in [6.45, 7) is 1.49. The minimum Gasteiger partial charge on any atom is -0.481 e. The molecule has 0 radical (unpaired) electrons. The molecule has 1 N–H and O–H groups in total. The lowest BCUT2D eigenvalue weighted by molar-refractivity contribution is -0.136. The van der Waals surface area contributed by atoms with Gasteiger partial charge in [0.1, 0.15) is 0 Å². The number of nitrogens with zero attached hydrogens (tertiary/aromatic N) is 1. The number of hydrogen-bond donors (Lipinski definition) is 1. The fourth-order valence-electron chi connectivity index (χ4n) is 1.40. The lowest BCUT2D eigenvalue weighted by atomic mass is 10.1. The first-order valence-corrected chi connectivity index (χ1v) is 8.11. The molecule has 1 aromatic carbocycles. The summed E-state index contributed by atoms with van der Waals surface area (Å²) in [5.74, 6) is -0.947. The molecule has 1 aromatic rings. The van der Waals surface area contributed by atoms with Gasteiger partial charge in [-0.2, -0.15) is 0 Å². The summed E-state index contributed by atoms with van der Waals surface area (Å²) in [5, 5.41) is 8.93. The van der Waals surface area contributed by atoms with Crippen LogP contribution in [0.5, 0.6) is 0 Å². The fraction of sp³-hybridized carbons (Fsp3) is 0.273. The van der Waals surface area contributed by atoms with E-state index in [4.69, 9.17) is 5.11 Å². The number of benzene rings is 1. The van der Waals surface area contributed by atoms with Crippen molar-refractivity contribution in [3.63, 3.8) is 0 Å². The van der Waals surface area contributed by atoms with E-state index >= 15 is 0 Å². The Morgan fingerprint density at radius 2 is 1.83 bits per heavy atom. The van der Waals surface area contributed by atoms with Gasteiger partial charge >= 0.3 is 5.97 Å². The van der Waals surface area contributed by atoms with Crippen molar-refractivity contribution in [1.29, 1.82) is 0 Å². The zero-order valence-corrected chi connectivity index (χ0v) is 16.1. The minimum atomic E-state index is -0.872. The van der Waals surface area contributed by atoms with Crippen molar-refractivity contribution >= 4 is 85.3 Å². The van der Waals surface area contributed by atoms with Gasteiger partial charge in [-0.15, -0.1) is 0 Å². The van der Waals surface area contributed by atoms with E-state index in [9.17, 15) is 9.59 Å². The predicted octanol–water partition coefficient (Wildman–Crippen LogP) is 3.11. The average molecular weight is 585 g/mol. The second kappa shape index (κ2) is 6.68. The smallest absolute Gasteiger partial charge is 0.307 e. The zero-order chi connectivity index (χ0) is 14.0. The van der Waals surface area contributed by atoms with Gasteiger partial charge in [0.05, 0.1) is 12.1 Å². The van der Waals surface area contributed by atoms with Gasteiger partial charge in [-0.05, 0) is 79.4 Å². The molecular weight excluding hydrogens is 575 g/mol. The molecule has 0 aromatic heterocycles. The van der Waals surface area contributed by atoms with Gasteiger partial charge in [-0.3, -0.25) is 9.59 Å². The SMILES string of the molecule is CC(=O)N(C)c1c(I)cc(I)c(CC(=O)O)c1I. The van der Waals surface area contributed by atoms with E-state index in [0.717, 1.165) is 22.0 Å². The van der Waals surface area contributed by atoms with Crippen molar-refractivity contribution in [2.24, 2.45) is 0 Å². The van der Waals surface area contributed by atoms with Crippen LogP contribution in [0.3, 0.4) is 0 Å². The Balaban J connectivity index is 3.44. The Labute approximate surface area is 146 Å². The lowest BCUT2D eigenvalue weighted by Gasteiger charge is -2.21. The summed E-state index contributed by atoms with van der Waals surface area (Å²) in [5.41, 5.74) is 1.53. The molecule has 0 aliphatic heterocycles. The van der Waals surface area contributed by atoms with E-state index in [2.05, 4.69) is 67.8 Å². The molecule has 0 saturated carbocycles. The highest BCUT2D eigenvalue weighted by Gasteiger charge is 2.20. The second-order valence-electron chi connectivity index (χ2n) is 3.63. The number of carboxylic acid groups (broad SMARTS) is 1. The molecule has 0 unspecified atom stereocenters. The number of carbonyl (C=O) groups excluding carboxylic acids is 1. The van der Waals surface area contributed by atoms with Crippen molar-refractivity contribution in [2.75, 3.05) is 11.9 Å². The van der Waals surface area contributed by atoms with Crippen LogP contribution in [0.4, 0.5) is 5.69 Å². The Hall–Kier alpha value is 0.350. The maximum absolute atomic E-state index is 11.5. The van der Waals surface area contributed by atoms with Gasteiger partial charge in [0.2, 0.25) is 5.91 Å². The van der Waals surface area contributed by atoms with Gasteiger partial charge in [0.15, 0.2) is 0 Å². The predicted molar refractivity (Wildman–Crippen MR) is 95.0 cm³/mol. The third-order valence-corrected chi connectivity index (χ3v) is 5.32. The topological polar surface area (TPSA) is 57.6 Å². The number of halogens is 3. The molecule has 0 saturated heterocycles. The summed E-state index contributed by atoms with van der Waals surface area (Å²) < 4.78 is 2.67. The van der Waals surface area contributed by atoms with Gasteiger partial charge in [0, 0.05) is 24.7 Å². The van der Waals surface area contributed by atoms with Crippen LogP contribution in [0.15, 0.2) is 6.07 Å². The highest BCUT2D eigenvalue weighted by molar-refractivity contribution is 14.1. The maximum atomic E-state index is 11.5. The molecule has 0 bridgehead atoms. The van der Waals surface area contributed by atoms with Crippen molar-refractivity contribution in [3.05, 3.63) is 22.3 Å². The Morgan fingerprint density at radius 1 is 1.28 bits per heavy atom. The number of aliphatic carboxylic acids is 1. The van der Waals surface area contributed by atoms with E-state index in [1.54, 1.807) is 11.9 Å². The summed E-state index contributed by atoms with van der Waals surface area (Å²) in [6.07, 6.45) is -0.0355. The number of carbonyl (C=O) groups is 2. The third kappa shape index (κ3) is 3.68. The number of rotatable bonds is 3. The van der Waals surface area contributed by atoms with Crippen molar-refractivity contribution in [2.45, 2.75) is 13.3 Å². The van der Waals surface area contributed by atoms with Crippen LogP contribution in [-0.2, 0) is 16.0 Å². The monoisotopic (exact) mass is 585 g/mol. The van der Waals surface area contributed by atoms with Gasteiger partial charge in [0.25, 0.3) is 0 Å². The molecule has 0 aliphatic rings. The minimum absolute atomic E-state index is 0.0355. The molecule has 4 nitrogen and oxygen atoms in total. The van der Waals surface area contributed by atoms with Crippen LogP contribution in [0, 0.1) is 10.7 Å². The molecule has 7 heteroatoms. The quantitative estimate of drug-likeness (QED) is 0.556. The molecule has 18 heavy (non-hydrogen) atoms. The van der Waals surface area contributed by atoms with Crippen LogP contribution in [0.1, 0.15) is 12.5 Å². The number of carboxylic acids is 1. The Kier molecular flexibility index (Phi) is 6.09. The molecule has 0 heterocycles. The lowest BCUT2D eigenvalue weighted by Crippen LogP contribution is -2.25. The third-order valence-electron chi connectivity index (χ3n) is 2.38. The summed E-state index contributed by atoms with van der Waals surface area (Å²) in [7, 11) is 1.69. The molecule has 0 fully saturated rings. The van der Waals surface area contributed by atoms with E-state index in [0.29, 0.717) is 0 Å². The van der Waals surface area contributed by atoms with Crippen molar-refractivity contribution in [1.82, 2.24) is 0 Å². The normalized spacial score (nSPS) is 10.3. The standard InChI is InChI=1S/C11H10I3NO3/c1-5(16)15(2)11-8(13)4-7(12)6(10(11)14)3-9(17)18/h4H,3H2,1-2H3,(H,17,18). The van der Waals surface area contributed by atoms with Crippen LogP contribution in [-0.4, -0.2) is 24.0 Å². The second-order valence-corrected chi connectivity index (χ2v) is 7.03. The maximum Gasteiger partial charge on any atom is 0.307 e. The first kappa shape index (κ1) is 16.4. The van der Waals surface area contributed by atoms with E-state index in [1.807, 2.05) is 6.07 Å². The highest BCUT2D eigenvalue weighted by Crippen LogP contribution is 2.34. The van der Waals surface area contributed by atoms with Gasteiger partial charge in [-0.1, -0.05) is 0 Å². The number of amides is 1. The molecule has 98 valence electrons. The number of hydrogen-bond acceptors (Lipinski definition) is 2. The zero-order valence-electron chi connectivity index (χ0n) is 9.63. The highest BCUT2D eigenvalue weighted by atomic mass is 127. The van der Waals surface area contributed by atoms with Crippen LogP contribution < -0.4 is 4.90 Å². The van der Waals surface area contributed by atoms with Crippen LogP contribution in [0.2, 0.25) is 0 Å².